The Bertz CT molecular complexity index is 85.9. The van der Waals surface area contributed by atoms with Crippen molar-refractivity contribution in [3.05, 3.63) is 0 Å². The molecule has 7 heteroatoms. The fourth-order valence-electron chi connectivity index (χ4n) is 0.129. The molecule has 42 valence electrons. The van der Waals surface area contributed by atoms with Crippen molar-refractivity contribution in [2.24, 2.45) is 0 Å². The van der Waals surface area contributed by atoms with E-state index >= 15 is 0 Å². The summed E-state index contributed by atoms with van der Waals surface area (Å²) < 4.78 is 19.3. The van der Waals surface area contributed by atoms with Crippen LogP contribution in [0.15, 0.2) is 0 Å². The first-order chi connectivity index (χ1) is 3.13. The Balaban J connectivity index is 3.32. The Morgan fingerprint density at radius 3 is 1.43 bits per heavy atom. The molecule has 2 N–H and O–H groups in total. The molecule has 0 aliphatic rings. The summed E-state index contributed by atoms with van der Waals surface area (Å²) in [6.07, 6.45) is 0. The molecule has 0 aliphatic heterocycles. The van der Waals surface area contributed by atoms with Gasteiger partial charge >= 0.3 is 6.72 Å². The molecule has 0 aromatic heterocycles. The van der Waals surface area contributed by atoms with Gasteiger partial charge in [0, 0.05) is 0 Å². The fraction of sp³-hybridized carbons (Fsp3) is 0. The Hall–Kier alpha value is 0.445. The lowest BCUT2D eigenvalue weighted by atomic mass is 10.7. The zero-order valence-electron chi connectivity index (χ0n) is 3.42. The Kier molecular flexibility index (Phi) is 3.67. The number of hydrogen-bond acceptors (Lipinski definition) is 2. The van der Waals surface area contributed by atoms with Crippen molar-refractivity contribution in [2.75, 3.05) is 0 Å². The minimum absolute atomic E-state index is 0.435. The van der Waals surface area contributed by atoms with Crippen molar-refractivity contribution in [1.82, 2.24) is 0 Å². The van der Waals surface area contributed by atoms with Gasteiger partial charge < -0.3 is 18.9 Å². The van der Waals surface area contributed by atoms with Crippen molar-refractivity contribution in [3.63, 3.8) is 0 Å². The molecule has 4 nitrogen and oxygen atoms in total. The van der Waals surface area contributed by atoms with Crippen molar-refractivity contribution in [2.45, 2.75) is 0 Å². The molecule has 2 unspecified atom stereocenters. The molecule has 0 spiro atoms. The maximum Gasteiger partial charge on any atom is 0.333 e. The zero-order valence-corrected chi connectivity index (χ0v) is 5.42. The topological polar surface area (TPSA) is 74.6 Å². The van der Waals surface area contributed by atoms with Gasteiger partial charge in [0.2, 0.25) is 0 Å². The highest BCUT2D eigenvalue weighted by molar-refractivity contribution is 8.01. The molecule has 0 fully saturated rings. The van der Waals surface area contributed by atoms with Crippen LogP contribution in [-0.4, -0.2) is 16.5 Å². The smallest absolute Gasteiger partial charge is 0.333 e. The largest absolute Gasteiger partial charge is 0.353 e. The molecular formula is H5BO4P2. The van der Waals surface area contributed by atoms with E-state index in [-0.39, 0.29) is 0 Å². The Labute approximate surface area is 42.4 Å². The van der Waals surface area contributed by atoms with E-state index in [1.807, 2.05) is 0 Å². The van der Waals surface area contributed by atoms with Crippen LogP contribution >= 0.6 is 15.8 Å². The summed E-state index contributed by atoms with van der Waals surface area (Å²) in [4.78, 5) is 15.9. The second-order valence-corrected chi connectivity index (χ2v) is 3.95. The predicted octanol–water partition coefficient (Wildman–Crippen LogP) is -0.813. The van der Waals surface area contributed by atoms with Gasteiger partial charge in [-0.05, 0) is 0 Å². The average Bonchev–Trinajstić information content (AvgIpc) is 1.27. The summed E-state index contributed by atoms with van der Waals surface area (Å²) in [7, 11) is -5.40. The fourth-order valence-corrected chi connectivity index (χ4v) is 1.16. The molecule has 0 amide bonds. The van der Waals surface area contributed by atoms with E-state index in [1.54, 1.807) is 0 Å². The third-order valence-corrected chi connectivity index (χ3v) is 2.72. The molecule has 0 rings (SSSR count). The van der Waals surface area contributed by atoms with E-state index in [1.165, 1.54) is 0 Å². The van der Waals surface area contributed by atoms with Gasteiger partial charge in [0.25, 0.3) is 0 Å². The van der Waals surface area contributed by atoms with Crippen LogP contribution in [0.3, 0.4) is 0 Å². The van der Waals surface area contributed by atoms with Gasteiger partial charge in [0.05, 0.1) is 0 Å². The minimum Gasteiger partial charge on any atom is -0.353 e. The van der Waals surface area contributed by atoms with Crippen LogP contribution in [0.5, 0.6) is 0 Å². The molecule has 2 atom stereocenters. The molecule has 0 aliphatic carbocycles. The second-order valence-electron chi connectivity index (χ2n) is 0.964. The summed E-state index contributed by atoms with van der Waals surface area (Å²) in [6.45, 7) is -0.435. The highest BCUT2D eigenvalue weighted by atomic mass is 31.2. The van der Waals surface area contributed by atoms with Gasteiger partial charge in [-0.2, -0.15) is 0 Å². The summed E-state index contributed by atoms with van der Waals surface area (Å²) in [5.41, 5.74) is 0. The molecule has 0 saturated carbocycles. The maximum atomic E-state index is 9.66. The maximum absolute atomic E-state index is 9.66. The monoisotopic (exact) mass is 142 g/mol. The normalized spacial score (nSPS) is 18.0. The highest BCUT2D eigenvalue weighted by Gasteiger charge is 2.00. The van der Waals surface area contributed by atoms with E-state index in [2.05, 4.69) is 0 Å². The average molecular weight is 142 g/mol. The number of hydrogen-bond donors (Lipinski definition) is 2. The third-order valence-electron chi connectivity index (χ3n) is 0.302. The predicted molar refractivity (Wildman–Crippen MR) is 29.6 cm³/mol. The number of rotatable bonds is 2. The highest BCUT2D eigenvalue weighted by Crippen LogP contribution is 2.24. The first kappa shape index (κ1) is 7.44. The van der Waals surface area contributed by atoms with Gasteiger partial charge in [-0.15, -0.1) is 0 Å². The van der Waals surface area contributed by atoms with Crippen molar-refractivity contribution in [3.8, 4) is 0 Å². The van der Waals surface area contributed by atoms with Crippen molar-refractivity contribution < 1.29 is 18.9 Å². The van der Waals surface area contributed by atoms with Crippen LogP contribution in [0.1, 0.15) is 0 Å². The molecule has 0 aromatic carbocycles. The van der Waals surface area contributed by atoms with Crippen molar-refractivity contribution >= 4 is 22.5 Å². The van der Waals surface area contributed by atoms with Crippen LogP contribution in [0, 0.1) is 0 Å². The summed E-state index contributed by atoms with van der Waals surface area (Å²) in [6, 6.07) is 0. The standard InChI is InChI=1S/BH5O4P2/c2-6(3)1-7(4)5/h1,6-7H,(H,2,3)(H,4,5). The molecular weight excluding hydrogens is 137 g/mol. The quantitative estimate of drug-likeness (QED) is 0.390. The molecule has 0 heterocycles. The lowest BCUT2D eigenvalue weighted by Crippen LogP contribution is -1.69. The Morgan fingerprint density at radius 1 is 1.14 bits per heavy atom. The molecule has 0 radical (unpaired) electrons. The minimum atomic E-state index is -2.70. The SMILES string of the molecule is O=[PH](O)B[PH](=O)O. The lowest BCUT2D eigenvalue weighted by Gasteiger charge is -1.80. The molecule has 0 bridgehead atoms. The van der Waals surface area contributed by atoms with E-state index in [0.29, 0.717) is 0 Å². The van der Waals surface area contributed by atoms with E-state index in [4.69, 9.17) is 9.79 Å². The van der Waals surface area contributed by atoms with Crippen LogP contribution in [-0.2, 0) is 9.13 Å². The summed E-state index contributed by atoms with van der Waals surface area (Å²) in [5, 5.41) is 0. The first-order valence-electron chi connectivity index (χ1n) is 1.56. The van der Waals surface area contributed by atoms with E-state index in [9.17, 15) is 9.13 Å². The van der Waals surface area contributed by atoms with Crippen LogP contribution in [0.25, 0.3) is 0 Å². The van der Waals surface area contributed by atoms with Crippen molar-refractivity contribution in [1.29, 1.82) is 0 Å². The lowest BCUT2D eigenvalue weighted by molar-refractivity contribution is 0.513. The molecule has 7 heavy (non-hydrogen) atoms. The van der Waals surface area contributed by atoms with E-state index in [0.717, 1.165) is 0 Å². The van der Waals surface area contributed by atoms with Crippen LogP contribution in [0.2, 0.25) is 0 Å². The molecule has 0 saturated heterocycles. The molecule has 0 aromatic rings. The third kappa shape index (κ3) is 6.44. The van der Waals surface area contributed by atoms with E-state index < -0.39 is 22.5 Å². The summed E-state index contributed by atoms with van der Waals surface area (Å²) in [5.74, 6) is 0. The van der Waals surface area contributed by atoms with Gasteiger partial charge in [0.15, 0.2) is 15.8 Å². The first-order valence-corrected chi connectivity index (χ1v) is 4.69. The van der Waals surface area contributed by atoms with Gasteiger partial charge in [-0.3, -0.25) is 0 Å². The Morgan fingerprint density at radius 2 is 1.43 bits per heavy atom. The second kappa shape index (κ2) is 3.45. The summed E-state index contributed by atoms with van der Waals surface area (Å²) >= 11 is 0. The van der Waals surface area contributed by atoms with Gasteiger partial charge in [-0.25, -0.2) is 0 Å². The van der Waals surface area contributed by atoms with Gasteiger partial charge in [-0.1, -0.05) is 0 Å². The van der Waals surface area contributed by atoms with Crippen LogP contribution < -0.4 is 0 Å². The van der Waals surface area contributed by atoms with Gasteiger partial charge in [0.1, 0.15) is 0 Å². The van der Waals surface area contributed by atoms with Crippen LogP contribution in [0.4, 0.5) is 0 Å². The zero-order chi connectivity index (χ0) is 5.86.